The molecular formula is C18H16O6S2. The van der Waals surface area contributed by atoms with Gasteiger partial charge in [-0.05, 0) is 17.0 Å². The van der Waals surface area contributed by atoms with Crippen LogP contribution in [0.1, 0.15) is 54.8 Å². The van der Waals surface area contributed by atoms with Gasteiger partial charge in [0.25, 0.3) is 0 Å². The molecule has 1 aliphatic carbocycles. The predicted molar refractivity (Wildman–Crippen MR) is 96.2 cm³/mol. The predicted octanol–water partition coefficient (Wildman–Crippen LogP) is 2.80. The number of carbonyl (C=O) groups excluding carboxylic acids is 4. The fraction of sp³-hybridized carbons (Fsp3) is 0.333. The topological polar surface area (TPSA) is 86.7 Å². The molecule has 2 aromatic rings. The highest BCUT2D eigenvalue weighted by Gasteiger charge is 2.35. The quantitative estimate of drug-likeness (QED) is 0.600. The van der Waals surface area contributed by atoms with E-state index in [1.165, 1.54) is 36.5 Å². The Balaban J connectivity index is 1.82. The molecule has 0 amide bonds. The third-order valence-electron chi connectivity index (χ3n) is 3.86. The number of esters is 2. The highest BCUT2D eigenvalue weighted by atomic mass is 32.1. The van der Waals surface area contributed by atoms with Gasteiger partial charge >= 0.3 is 11.9 Å². The number of hydrogen-bond acceptors (Lipinski definition) is 8. The maximum absolute atomic E-state index is 12.9. The number of ether oxygens (including phenoxy) is 2. The Morgan fingerprint density at radius 3 is 2.27 bits per heavy atom. The zero-order valence-corrected chi connectivity index (χ0v) is 15.9. The number of hydrogen-bond donors (Lipinski definition) is 0. The SMILES string of the molecule is CC(=O)OCCc1cc2c(s1)C(=O)c1c(CCOC(C)=O)csc1C2=O. The summed E-state index contributed by atoms with van der Waals surface area (Å²) in [6, 6.07) is 1.71. The van der Waals surface area contributed by atoms with Gasteiger partial charge in [-0.1, -0.05) is 0 Å². The molecule has 0 fully saturated rings. The van der Waals surface area contributed by atoms with Crippen LogP contribution in [-0.2, 0) is 31.9 Å². The Labute approximate surface area is 157 Å². The van der Waals surface area contributed by atoms with E-state index in [-0.39, 0.29) is 36.7 Å². The Morgan fingerprint density at radius 2 is 1.62 bits per heavy atom. The summed E-state index contributed by atoms with van der Waals surface area (Å²) in [5.74, 6) is -1.07. The summed E-state index contributed by atoms with van der Waals surface area (Å²) in [7, 11) is 0. The second-order valence-electron chi connectivity index (χ2n) is 5.76. The number of rotatable bonds is 6. The minimum Gasteiger partial charge on any atom is -0.466 e. The molecule has 0 bridgehead atoms. The van der Waals surface area contributed by atoms with Crippen LogP contribution in [0.2, 0.25) is 0 Å². The minimum absolute atomic E-state index is 0.159. The monoisotopic (exact) mass is 392 g/mol. The lowest BCUT2D eigenvalue weighted by molar-refractivity contribution is -0.141. The summed E-state index contributed by atoms with van der Waals surface area (Å²) < 4.78 is 9.86. The lowest BCUT2D eigenvalue weighted by atomic mass is 9.92. The van der Waals surface area contributed by atoms with Gasteiger partial charge in [-0.25, -0.2) is 0 Å². The number of thiophene rings is 2. The molecule has 0 aliphatic heterocycles. The molecule has 0 saturated heterocycles. The fourth-order valence-electron chi connectivity index (χ4n) is 2.73. The summed E-state index contributed by atoms with van der Waals surface area (Å²) in [4.78, 5) is 49.1. The Morgan fingerprint density at radius 1 is 0.962 bits per heavy atom. The molecule has 0 unspecified atom stereocenters. The van der Waals surface area contributed by atoms with Crippen LogP contribution in [0.25, 0.3) is 0 Å². The van der Waals surface area contributed by atoms with E-state index in [1.54, 1.807) is 11.4 Å². The molecular weight excluding hydrogens is 376 g/mol. The summed E-state index contributed by atoms with van der Waals surface area (Å²) in [6.45, 7) is 3.05. The number of fused-ring (bicyclic) bond motifs is 2. The molecule has 1 aliphatic rings. The van der Waals surface area contributed by atoms with E-state index in [0.717, 1.165) is 10.4 Å². The van der Waals surface area contributed by atoms with Crippen molar-refractivity contribution >= 4 is 46.2 Å². The van der Waals surface area contributed by atoms with Crippen LogP contribution in [0.15, 0.2) is 11.4 Å². The van der Waals surface area contributed by atoms with E-state index in [2.05, 4.69) is 0 Å². The first-order chi connectivity index (χ1) is 12.4. The maximum Gasteiger partial charge on any atom is 0.302 e. The van der Waals surface area contributed by atoms with Crippen molar-refractivity contribution in [2.75, 3.05) is 13.2 Å². The van der Waals surface area contributed by atoms with Crippen molar-refractivity contribution in [2.24, 2.45) is 0 Å². The average Bonchev–Trinajstić information content (AvgIpc) is 3.17. The van der Waals surface area contributed by atoms with E-state index in [4.69, 9.17) is 9.47 Å². The summed E-state index contributed by atoms with van der Waals surface area (Å²) in [6.07, 6.45) is 0.856. The van der Waals surface area contributed by atoms with E-state index < -0.39 is 0 Å². The molecule has 26 heavy (non-hydrogen) atoms. The lowest BCUT2D eigenvalue weighted by Gasteiger charge is -2.11. The van der Waals surface area contributed by atoms with Gasteiger partial charge in [0.15, 0.2) is 0 Å². The van der Waals surface area contributed by atoms with E-state index in [9.17, 15) is 19.2 Å². The van der Waals surface area contributed by atoms with Crippen LogP contribution in [0.3, 0.4) is 0 Å². The van der Waals surface area contributed by atoms with Crippen molar-refractivity contribution in [2.45, 2.75) is 26.7 Å². The largest absolute Gasteiger partial charge is 0.466 e. The van der Waals surface area contributed by atoms with Gasteiger partial charge in [-0.2, -0.15) is 0 Å². The molecule has 8 heteroatoms. The molecule has 136 valence electrons. The third kappa shape index (κ3) is 3.61. The number of ketones is 2. The van der Waals surface area contributed by atoms with Crippen molar-refractivity contribution < 1.29 is 28.7 Å². The van der Waals surface area contributed by atoms with Crippen molar-refractivity contribution in [1.82, 2.24) is 0 Å². The first-order valence-corrected chi connectivity index (χ1v) is 9.67. The first kappa shape index (κ1) is 18.5. The molecule has 0 atom stereocenters. The molecule has 0 spiro atoms. The van der Waals surface area contributed by atoms with E-state index >= 15 is 0 Å². The van der Waals surface area contributed by atoms with Crippen molar-refractivity contribution in [3.8, 4) is 0 Å². The van der Waals surface area contributed by atoms with Crippen molar-refractivity contribution in [1.29, 1.82) is 0 Å². The maximum atomic E-state index is 12.9. The molecule has 0 N–H and O–H groups in total. The molecule has 3 rings (SSSR count). The van der Waals surface area contributed by atoms with E-state index in [1.807, 2.05) is 0 Å². The van der Waals surface area contributed by atoms with Gasteiger partial charge in [0, 0.05) is 42.7 Å². The van der Waals surface area contributed by atoms with Crippen molar-refractivity contribution in [3.05, 3.63) is 42.8 Å². The molecule has 0 aromatic carbocycles. The lowest BCUT2D eigenvalue weighted by Crippen LogP contribution is -2.18. The Hall–Kier alpha value is -2.32. The zero-order chi connectivity index (χ0) is 18.8. The standard InChI is InChI=1S/C18H16O6S2/c1-9(19)23-5-3-11-8-25-18-14(11)16(22)17-13(15(18)21)7-12(26-17)4-6-24-10(2)20/h7-8H,3-6H2,1-2H3. The zero-order valence-electron chi connectivity index (χ0n) is 14.2. The average molecular weight is 392 g/mol. The third-order valence-corrected chi connectivity index (χ3v) is 6.09. The van der Waals surface area contributed by atoms with Crippen molar-refractivity contribution in [3.63, 3.8) is 0 Å². The van der Waals surface area contributed by atoms with Gasteiger partial charge < -0.3 is 9.47 Å². The first-order valence-electron chi connectivity index (χ1n) is 7.97. The Bertz CT molecular complexity index is 901. The molecule has 0 saturated carbocycles. The van der Waals surface area contributed by atoms with Gasteiger partial charge in [0.2, 0.25) is 11.6 Å². The van der Waals surface area contributed by atoms with Crippen LogP contribution >= 0.6 is 22.7 Å². The Kier molecular flexibility index (Phi) is 5.33. The van der Waals surface area contributed by atoms with Crippen LogP contribution in [-0.4, -0.2) is 36.7 Å². The second kappa shape index (κ2) is 7.51. The van der Waals surface area contributed by atoms with Gasteiger partial charge in [-0.3, -0.25) is 19.2 Å². The van der Waals surface area contributed by atoms with Gasteiger partial charge in [0.1, 0.15) is 0 Å². The van der Waals surface area contributed by atoms with Crippen LogP contribution in [0.4, 0.5) is 0 Å². The summed E-state index contributed by atoms with van der Waals surface area (Å²) in [5, 5.41) is 1.78. The molecule has 6 nitrogen and oxygen atoms in total. The van der Waals surface area contributed by atoms with E-state index in [0.29, 0.717) is 33.7 Å². The molecule has 0 radical (unpaired) electrons. The minimum atomic E-state index is -0.380. The summed E-state index contributed by atoms with van der Waals surface area (Å²) in [5.41, 5.74) is 1.57. The molecule has 2 aromatic heterocycles. The molecule has 2 heterocycles. The van der Waals surface area contributed by atoms with Gasteiger partial charge in [-0.15, -0.1) is 22.7 Å². The number of carbonyl (C=O) groups is 4. The highest BCUT2D eigenvalue weighted by Crippen LogP contribution is 2.38. The summed E-state index contributed by atoms with van der Waals surface area (Å²) >= 11 is 2.50. The van der Waals surface area contributed by atoms with Crippen LogP contribution in [0.5, 0.6) is 0 Å². The smallest absolute Gasteiger partial charge is 0.302 e. The van der Waals surface area contributed by atoms with Crippen LogP contribution < -0.4 is 0 Å². The highest BCUT2D eigenvalue weighted by molar-refractivity contribution is 7.16. The normalized spacial score (nSPS) is 12.5. The fourth-order valence-corrected chi connectivity index (χ4v) is 4.87. The second-order valence-corrected chi connectivity index (χ2v) is 7.78. The van der Waals surface area contributed by atoms with Crippen LogP contribution in [0, 0.1) is 0 Å². The van der Waals surface area contributed by atoms with Gasteiger partial charge in [0.05, 0.1) is 23.0 Å².